The molecule has 0 saturated carbocycles. The maximum absolute atomic E-state index is 13.2. The predicted octanol–water partition coefficient (Wildman–Crippen LogP) is 5.52. The highest BCUT2D eigenvalue weighted by Gasteiger charge is 2.49. The van der Waals surface area contributed by atoms with Crippen LogP contribution in [0.1, 0.15) is 77.7 Å². The Kier molecular flexibility index (Phi) is 8.69. The van der Waals surface area contributed by atoms with Crippen LogP contribution in [0.25, 0.3) is 0 Å². The van der Waals surface area contributed by atoms with Crippen LogP contribution < -0.4 is 0 Å². The van der Waals surface area contributed by atoms with Gasteiger partial charge in [0.25, 0.3) is 0 Å². The van der Waals surface area contributed by atoms with E-state index in [9.17, 15) is 9.59 Å². The van der Waals surface area contributed by atoms with Crippen LogP contribution in [0.5, 0.6) is 0 Å². The van der Waals surface area contributed by atoms with Gasteiger partial charge in [-0.3, -0.25) is 0 Å². The van der Waals surface area contributed by atoms with E-state index in [0.29, 0.717) is 12.5 Å². The molecule has 0 aliphatic carbocycles. The SMILES string of the molecule is CC(C)C(CCCCCCCc1ccccc1)C(=O)[N+]1(C=O)CCC[C@H]1C. The fraction of sp³-hybridized carbons (Fsp3) is 0.667. The summed E-state index contributed by atoms with van der Waals surface area (Å²) in [5.41, 5.74) is 1.42. The van der Waals surface area contributed by atoms with Gasteiger partial charge in [-0.1, -0.05) is 69.9 Å². The van der Waals surface area contributed by atoms with Gasteiger partial charge in [0.1, 0.15) is 6.04 Å². The highest BCUT2D eigenvalue weighted by Crippen LogP contribution is 2.32. The lowest BCUT2D eigenvalue weighted by Gasteiger charge is -2.33. The van der Waals surface area contributed by atoms with Crippen molar-refractivity contribution in [3.05, 3.63) is 35.9 Å². The van der Waals surface area contributed by atoms with Crippen molar-refractivity contribution in [3.63, 3.8) is 0 Å². The summed E-state index contributed by atoms with van der Waals surface area (Å²) in [6.45, 7) is 7.02. The zero-order chi connectivity index (χ0) is 19.7. The number of nitrogens with zero attached hydrogens (tertiary/aromatic N) is 1. The average molecular weight is 373 g/mol. The third-order valence-corrected chi connectivity index (χ3v) is 6.48. The van der Waals surface area contributed by atoms with Crippen molar-refractivity contribution in [3.8, 4) is 0 Å². The molecule has 1 aliphatic heterocycles. The first-order valence-corrected chi connectivity index (χ1v) is 10.9. The van der Waals surface area contributed by atoms with Gasteiger partial charge in [0.2, 0.25) is 0 Å². The fourth-order valence-corrected chi connectivity index (χ4v) is 4.55. The lowest BCUT2D eigenvalue weighted by atomic mass is 9.87. The Bertz CT molecular complexity index is 583. The molecule has 1 heterocycles. The van der Waals surface area contributed by atoms with E-state index in [-0.39, 0.29) is 22.3 Å². The molecule has 3 heteroatoms. The lowest BCUT2D eigenvalue weighted by Crippen LogP contribution is -2.57. The van der Waals surface area contributed by atoms with Gasteiger partial charge in [-0.2, -0.15) is 4.48 Å². The zero-order valence-corrected chi connectivity index (χ0v) is 17.5. The Balaban J connectivity index is 1.73. The van der Waals surface area contributed by atoms with Gasteiger partial charge in [0, 0.05) is 12.8 Å². The Morgan fingerprint density at radius 3 is 2.37 bits per heavy atom. The molecule has 0 N–H and O–H groups in total. The summed E-state index contributed by atoms with van der Waals surface area (Å²) in [6.07, 6.45) is 11.0. The van der Waals surface area contributed by atoms with Crippen LogP contribution in [-0.2, 0) is 16.0 Å². The molecule has 150 valence electrons. The minimum atomic E-state index is 0.0140. The molecule has 1 fully saturated rings. The van der Waals surface area contributed by atoms with Crippen LogP contribution in [0.3, 0.4) is 0 Å². The van der Waals surface area contributed by atoms with Crippen LogP contribution in [0.2, 0.25) is 0 Å². The van der Waals surface area contributed by atoms with Gasteiger partial charge in [0.15, 0.2) is 0 Å². The minimum absolute atomic E-state index is 0.0140. The summed E-state index contributed by atoms with van der Waals surface area (Å²) in [5.74, 6) is 0.493. The van der Waals surface area contributed by atoms with Crippen molar-refractivity contribution in [1.82, 2.24) is 0 Å². The molecule has 27 heavy (non-hydrogen) atoms. The Morgan fingerprint density at radius 1 is 1.11 bits per heavy atom. The first-order valence-electron chi connectivity index (χ1n) is 10.9. The molecule has 3 nitrogen and oxygen atoms in total. The molecule has 1 aromatic rings. The molecule has 2 rings (SSSR count). The van der Waals surface area contributed by atoms with Gasteiger partial charge >= 0.3 is 12.3 Å². The van der Waals surface area contributed by atoms with Crippen molar-refractivity contribution >= 4 is 12.3 Å². The molecule has 2 unspecified atom stereocenters. The Labute approximate surface area is 165 Å². The molecule has 3 atom stereocenters. The second-order valence-electron chi connectivity index (χ2n) is 8.73. The van der Waals surface area contributed by atoms with E-state index in [1.165, 1.54) is 31.2 Å². The molecule has 1 aromatic carbocycles. The number of hydrogen-bond donors (Lipinski definition) is 0. The van der Waals surface area contributed by atoms with Crippen LogP contribution in [0.4, 0.5) is 0 Å². The summed E-state index contributed by atoms with van der Waals surface area (Å²) >= 11 is 0. The van der Waals surface area contributed by atoms with E-state index >= 15 is 0 Å². The van der Waals surface area contributed by atoms with Crippen molar-refractivity contribution in [2.75, 3.05) is 6.54 Å². The van der Waals surface area contributed by atoms with Crippen LogP contribution in [0, 0.1) is 11.8 Å². The second kappa shape index (κ2) is 10.8. The van der Waals surface area contributed by atoms with Crippen LogP contribution in [-0.4, -0.2) is 29.4 Å². The highest BCUT2D eigenvalue weighted by molar-refractivity contribution is 5.78. The number of likely N-dealkylation sites (tertiary alicyclic amines) is 1. The third kappa shape index (κ3) is 5.75. The van der Waals surface area contributed by atoms with Gasteiger partial charge in [-0.15, -0.1) is 0 Å². The van der Waals surface area contributed by atoms with E-state index in [0.717, 1.165) is 38.5 Å². The predicted molar refractivity (Wildman–Crippen MR) is 111 cm³/mol. The molecule has 1 aliphatic rings. The summed E-state index contributed by atoms with van der Waals surface area (Å²) in [7, 11) is 0. The van der Waals surface area contributed by atoms with Crippen LogP contribution >= 0.6 is 0 Å². The fourth-order valence-electron chi connectivity index (χ4n) is 4.55. The van der Waals surface area contributed by atoms with Crippen molar-refractivity contribution in [2.24, 2.45) is 11.8 Å². The summed E-state index contributed by atoms with van der Waals surface area (Å²) in [6, 6.07) is 10.8. The molecule has 1 saturated heterocycles. The number of hydrogen-bond acceptors (Lipinski definition) is 2. The number of benzene rings is 1. The highest BCUT2D eigenvalue weighted by atomic mass is 16.2. The average Bonchev–Trinajstić information content (AvgIpc) is 3.05. The molecule has 2 amide bonds. The number of carbonyl (C=O) groups excluding carboxylic acids is 2. The standard InChI is InChI=1S/C24H38NO2/c1-20(2)23(24(27)25(19-26)18-12-13-21(25)3)17-11-6-4-5-8-14-22-15-9-7-10-16-22/h7,9-10,15-16,19-21,23H,4-6,8,11-14,17-18H2,1-3H3/q+1/t21-,23?,25?/m1/s1. The molecule has 0 spiro atoms. The summed E-state index contributed by atoms with van der Waals surface area (Å²) in [5, 5.41) is 0. The Morgan fingerprint density at radius 2 is 1.78 bits per heavy atom. The van der Waals surface area contributed by atoms with E-state index in [1.807, 2.05) is 0 Å². The number of carbonyl (C=O) groups is 2. The van der Waals surface area contributed by atoms with Gasteiger partial charge in [-0.05, 0) is 37.7 Å². The van der Waals surface area contributed by atoms with Gasteiger partial charge in [0.05, 0.1) is 12.5 Å². The molecule has 0 aromatic heterocycles. The largest absolute Gasteiger partial charge is 0.324 e. The summed E-state index contributed by atoms with van der Waals surface area (Å²) in [4.78, 5) is 25.0. The van der Waals surface area contributed by atoms with Gasteiger partial charge < -0.3 is 0 Å². The molecular weight excluding hydrogens is 334 g/mol. The normalized spacial score (nSPS) is 23.5. The molecule has 0 bridgehead atoms. The number of imide groups is 1. The maximum Gasteiger partial charge on any atom is 0.324 e. The smallest absolute Gasteiger partial charge is 0.233 e. The van der Waals surface area contributed by atoms with Crippen molar-refractivity contribution in [2.45, 2.75) is 84.6 Å². The topological polar surface area (TPSA) is 34.1 Å². The van der Waals surface area contributed by atoms with Gasteiger partial charge in [-0.25, -0.2) is 9.59 Å². The maximum atomic E-state index is 13.2. The van der Waals surface area contributed by atoms with Crippen molar-refractivity contribution in [1.29, 1.82) is 0 Å². The van der Waals surface area contributed by atoms with Crippen molar-refractivity contribution < 1.29 is 14.1 Å². The first-order chi connectivity index (χ1) is 13.0. The third-order valence-electron chi connectivity index (χ3n) is 6.48. The monoisotopic (exact) mass is 372 g/mol. The van der Waals surface area contributed by atoms with E-state index in [1.54, 1.807) is 0 Å². The number of rotatable bonds is 11. The van der Waals surface area contributed by atoms with E-state index < -0.39 is 0 Å². The molecule has 0 radical (unpaired) electrons. The number of aryl methyl sites for hydroxylation is 1. The second-order valence-corrected chi connectivity index (χ2v) is 8.73. The zero-order valence-electron chi connectivity index (χ0n) is 17.5. The molecular formula is C24H38NO2+. The number of amides is 2. The Hall–Kier alpha value is -1.48. The minimum Gasteiger partial charge on any atom is -0.233 e. The number of quaternary nitrogens is 1. The quantitative estimate of drug-likeness (QED) is 0.291. The lowest BCUT2D eigenvalue weighted by molar-refractivity contribution is -0.782. The van der Waals surface area contributed by atoms with Crippen LogP contribution in [0.15, 0.2) is 30.3 Å². The van der Waals surface area contributed by atoms with E-state index in [4.69, 9.17) is 0 Å². The number of unbranched alkanes of at least 4 members (excludes halogenated alkanes) is 4. The van der Waals surface area contributed by atoms with E-state index in [2.05, 4.69) is 51.1 Å². The summed E-state index contributed by atoms with van der Waals surface area (Å²) < 4.78 is 0.0694. The first kappa shape index (κ1) is 21.8.